The number of aryl methyl sites for hydroxylation is 2. The summed E-state index contributed by atoms with van der Waals surface area (Å²) in [5, 5.41) is 7.00. The molecule has 0 aliphatic carbocycles. The number of urea groups is 1. The molecule has 9 heteroatoms. The second-order valence-corrected chi connectivity index (χ2v) is 7.81. The van der Waals surface area contributed by atoms with E-state index in [0.29, 0.717) is 19.7 Å². The van der Waals surface area contributed by atoms with Gasteiger partial charge in [-0.05, 0) is 33.6 Å². The van der Waals surface area contributed by atoms with Crippen LogP contribution in [0.3, 0.4) is 0 Å². The van der Waals surface area contributed by atoms with Crippen molar-refractivity contribution < 1.29 is 14.3 Å². The molecular formula is C19H32N6O3. The molecule has 0 atom stereocenters. The number of likely N-dealkylation sites (tertiary alicyclic amines) is 1. The van der Waals surface area contributed by atoms with Crippen molar-refractivity contribution in [1.29, 1.82) is 0 Å². The standard InChI is InChI=1S/C19H32N6O3/c1-4-25-15(3)16(14(2)22-25)12-23-7-5-19(6-8-23)13-24(9-10-28-19)17(26)11-21-18(20)27/h4-13H2,1-3H3,(H3,20,21,27). The molecule has 0 aromatic carbocycles. The van der Waals surface area contributed by atoms with E-state index in [9.17, 15) is 9.59 Å². The van der Waals surface area contributed by atoms with Gasteiger partial charge in [0.2, 0.25) is 5.91 Å². The van der Waals surface area contributed by atoms with E-state index in [-0.39, 0.29) is 18.1 Å². The van der Waals surface area contributed by atoms with Gasteiger partial charge in [0.05, 0.1) is 24.4 Å². The van der Waals surface area contributed by atoms with Gasteiger partial charge in [0.1, 0.15) is 0 Å². The van der Waals surface area contributed by atoms with E-state index in [2.05, 4.69) is 40.8 Å². The van der Waals surface area contributed by atoms with Crippen LogP contribution >= 0.6 is 0 Å². The van der Waals surface area contributed by atoms with E-state index >= 15 is 0 Å². The number of hydrogen-bond acceptors (Lipinski definition) is 5. The number of ether oxygens (including phenoxy) is 1. The summed E-state index contributed by atoms with van der Waals surface area (Å²) in [6, 6.07) is -0.679. The third kappa shape index (κ3) is 4.47. The Morgan fingerprint density at radius 2 is 1.96 bits per heavy atom. The first kappa shape index (κ1) is 20.6. The maximum Gasteiger partial charge on any atom is 0.312 e. The summed E-state index contributed by atoms with van der Waals surface area (Å²) in [5.41, 5.74) is 8.44. The second kappa shape index (κ2) is 8.48. The summed E-state index contributed by atoms with van der Waals surface area (Å²) in [5.74, 6) is -0.109. The molecular weight excluding hydrogens is 360 g/mol. The molecule has 3 amide bonds. The van der Waals surface area contributed by atoms with Crippen LogP contribution in [0.15, 0.2) is 0 Å². The van der Waals surface area contributed by atoms with Crippen molar-refractivity contribution in [2.75, 3.05) is 39.3 Å². The Morgan fingerprint density at radius 3 is 2.57 bits per heavy atom. The van der Waals surface area contributed by atoms with Gasteiger partial charge < -0.3 is 20.7 Å². The topological polar surface area (TPSA) is 106 Å². The molecule has 2 fully saturated rings. The number of primary amides is 1. The van der Waals surface area contributed by atoms with Crippen LogP contribution in [0.2, 0.25) is 0 Å². The molecule has 1 aromatic rings. The van der Waals surface area contributed by atoms with Gasteiger partial charge in [0.25, 0.3) is 0 Å². The quantitative estimate of drug-likeness (QED) is 0.754. The van der Waals surface area contributed by atoms with Crippen LogP contribution in [0.25, 0.3) is 0 Å². The van der Waals surface area contributed by atoms with E-state index in [4.69, 9.17) is 10.5 Å². The Morgan fingerprint density at radius 1 is 1.25 bits per heavy atom. The van der Waals surface area contributed by atoms with Gasteiger partial charge in [-0.15, -0.1) is 0 Å². The normalized spacial score (nSPS) is 19.8. The molecule has 156 valence electrons. The van der Waals surface area contributed by atoms with Gasteiger partial charge in [-0.25, -0.2) is 4.79 Å². The number of nitrogens with one attached hydrogen (secondary N) is 1. The highest BCUT2D eigenvalue weighted by atomic mass is 16.5. The number of hydrogen-bond donors (Lipinski definition) is 2. The molecule has 0 saturated carbocycles. The van der Waals surface area contributed by atoms with Crippen LogP contribution in [0, 0.1) is 13.8 Å². The zero-order valence-corrected chi connectivity index (χ0v) is 17.2. The lowest BCUT2D eigenvalue weighted by Gasteiger charge is -2.47. The largest absolute Gasteiger partial charge is 0.371 e. The van der Waals surface area contributed by atoms with Crippen LogP contribution in [0.5, 0.6) is 0 Å². The van der Waals surface area contributed by atoms with Crippen LogP contribution in [0.4, 0.5) is 4.79 Å². The zero-order valence-electron chi connectivity index (χ0n) is 17.2. The van der Waals surface area contributed by atoms with Gasteiger partial charge in [0.15, 0.2) is 0 Å². The molecule has 28 heavy (non-hydrogen) atoms. The monoisotopic (exact) mass is 392 g/mol. The lowest BCUT2D eigenvalue weighted by atomic mass is 9.89. The SMILES string of the molecule is CCn1nc(C)c(CN2CCC3(CC2)CN(C(=O)CNC(N)=O)CCO3)c1C. The minimum Gasteiger partial charge on any atom is -0.371 e. The molecule has 2 aliphatic heterocycles. The first-order valence-corrected chi connectivity index (χ1v) is 10.0. The van der Waals surface area contributed by atoms with E-state index in [1.807, 2.05) is 0 Å². The fourth-order valence-electron chi connectivity index (χ4n) is 4.25. The Kier molecular flexibility index (Phi) is 6.24. The van der Waals surface area contributed by atoms with Gasteiger partial charge in [-0.1, -0.05) is 0 Å². The highest BCUT2D eigenvalue weighted by Crippen LogP contribution is 2.31. The molecule has 1 spiro atoms. The third-order valence-corrected chi connectivity index (χ3v) is 5.99. The molecule has 3 rings (SSSR count). The number of amides is 3. The second-order valence-electron chi connectivity index (χ2n) is 7.81. The Hall–Kier alpha value is -2.13. The van der Waals surface area contributed by atoms with Gasteiger partial charge in [-0.3, -0.25) is 14.4 Å². The number of rotatable bonds is 5. The average Bonchev–Trinajstić information content (AvgIpc) is 2.95. The maximum absolute atomic E-state index is 12.3. The Balaban J connectivity index is 1.56. The molecule has 3 heterocycles. The summed E-state index contributed by atoms with van der Waals surface area (Å²) in [4.78, 5) is 27.4. The fourth-order valence-corrected chi connectivity index (χ4v) is 4.25. The van der Waals surface area contributed by atoms with Crippen LogP contribution in [-0.4, -0.2) is 76.5 Å². The number of nitrogens with zero attached hydrogens (tertiary/aromatic N) is 4. The highest BCUT2D eigenvalue weighted by Gasteiger charge is 2.41. The predicted molar refractivity (Wildman–Crippen MR) is 105 cm³/mol. The molecule has 2 aliphatic rings. The lowest BCUT2D eigenvalue weighted by Crippen LogP contribution is -2.59. The highest BCUT2D eigenvalue weighted by molar-refractivity contribution is 5.83. The molecule has 1 aromatic heterocycles. The predicted octanol–water partition coefficient (Wildman–Crippen LogP) is 0.382. The number of piperidine rings is 1. The number of aromatic nitrogens is 2. The minimum atomic E-state index is -0.679. The van der Waals surface area contributed by atoms with Crippen molar-refractivity contribution in [3.05, 3.63) is 17.0 Å². The number of nitrogens with two attached hydrogens (primary N) is 1. The van der Waals surface area contributed by atoms with Crippen molar-refractivity contribution in [2.45, 2.75) is 52.3 Å². The molecule has 0 radical (unpaired) electrons. The lowest BCUT2D eigenvalue weighted by molar-refractivity contribution is -0.158. The number of morpholine rings is 1. The molecule has 9 nitrogen and oxygen atoms in total. The van der Waals surface area contributed by atoms with E-state index in [1.54, 1.807) is 4.90 Å². The number of carbonyl (C=O) groups is 2. The fraction of sp³-hybridized carbons (Fsp3) is 0.737. The smallest absolute Gasteiger partial charge is 0.312 e. The van der Waals surface area contributed by atoms with Crippen molar-refractivity contribution in [2.24, 2.45) is 5.73 Å². The first-order valence-electron chi connectivity index (χ1n) is 10.0. The summed E-state index contributed by atoms with van der Waals surface area (Å²) in [6.45, 7) is 11.6. The molecule has 2 saturated heterocycles. The summed E-state index contributed by atoms with van der Waals surface area (Å²) >= 11 is 0. The average molecular weight is 393 g/mol. The first-order chi connectivity index (χ1) is 13.3. The van der Waals surface area contributed by atoms with Crippen molar-refractivity contribution in [1.82, 2.24) is 24.9 Å². The van der Waals surface area contributed by atoms with Crippen molar-refractivity contribution >= 4 is 11.9 Å². The molecule has 0 unspecified atom stereocenters. The van der Waals surface area contributed by atoms with Crippen LogP contribution < -0.4 is 11.1 Å². The van der Waals surface area contributed by atoms with Crippen molar-refractivity contribution in [3.63, 3.8) is 0 Å². The maximum atomic E-state index is 12.3. The van der Waals surface area contributed by atoms with Crippen LogP contribution in [0.1, 0.15) is 36.7 Å². The van der Waals surface area contributed by atoms with E-state index in [0.717, 1.165) is 44.7 Å². The van der Waals surface area contributed by atoms with Gasteiger partial charge >= 0.3 is 6.03 Å². The van der Waals surface area contributed by atoms with Gasteiger partial charge in [-0.2, -0.15) is 5.10 Å². The summed E-state index contributed by atoms with van der Waals surface area (Å²) < 4.78 is 8.19. The van der Waals surface area contributed by atoms with E-state index in [1.165, 1.54) is 11.3 Å². The zero-order chi connectivity index (χ0) is 20.3. The van der Waals surface area contributed by atoms with Crippen molar-refractivity contribution in [3.8, 4) is 0 Å². The Labute approximate surface area is 166 Å². The summed E-state index contributed by atoms with van der Waals surface area (Å²) in [6.07, 6.45) is 1.78. The van der Waals surface area contributed by atoms with Gasteiger partial charge in [0, 0.05) is 50.5 Å². The number of carbonyl (C=O) groups excluding carboxylic acids is 2. The Bertz CT molecular complexity index is 723. The molecule has 3 N–H and O–H groups in total. The third-order valence-electron chi connectivity index (χ3n) is 5.99. The van der Waals surface area contributed by atoms with Crippen LogP contribution in [-0.2, 0) is 22.6 Å². The van der Waals surface area contributed by atoms with E-state index < -0.39 is 6.03 Å². The minimum absolute atomic E-state index is 0.0580. The summed E-state index contributed by atoms with van der Waals surface area (Å²) in [7, 11) is 0. The molecule has 0 bridgehead atoms.